The van der Waals surface area contributed by atoms with E-state index in [-0.39, 0.29) is 0 Å². The van der Waals surface area contributed by atoms with Crippen molar-refractivity contribution in [3.8, 4) is 5.75 Å². The number of rotatable bonds is 7. The molecule has 0 atom stereocenters. The van der Waals surface area contributed by atoms with Crippen LogP contribution >= 0.6 is 12.2 Å². The normalized spacial score (nSPS) is 17.5. The molecule has 5 nitrogen and oxygen atoms in total. The Morgan fingerprint density at radius 2 is 1.92 bits per heavy atom. The summed E-state index contributed by atoms with van der Waals surface area (Å²) in [5, 5.41) is 4.80. The Morgan fingerprint density at radius 1 is 1.21 bits per heavy atom. The van der Waals surface area contributed by atoms with Crippen molar-refractivity contribution in [2.24, 2.45) is 7.05 Å². The van der Waals surface area contributed by atoms with Crippen LogP contribution in [0.5, 0.6) is 5.75 Å². The van der Waals surface area contributed by atoms with Gasteiger partial charge in [-0.3, -0.25) is 4.90 Å². The van der Waals surface area contributed by atoms with Crippen molar-refractivity contribution in [3.05, 3.63) is 40.4 Å². The standard InChI is InChI=1S/C18H24N4OS/c1-20-17(14-5-6-14)19-22(18(20)24)12-21(15-7-8-15)11-13-3-9-16(23-2)10-4-13/h3-4,9-10,14-15H,5-8,11-12H2,1-2H3. The van der Waals surface area contributed by atoms with Gasteiger partial charge in [-0.1, -0.05) is 12.1 Å². The first-order valence-electron chi connectivity index (χ1n) is 8.66. The monoisotopic (exact) mass is 344 g/mol. The van der Waals surface area contributed by atoms with E-state index >= 15 is 0 Å². The molecule has 0 bridgehead atoms. The summed E-state index contributed by atoms with van der Waals surface area (Å²) in [7, 11) is 3.75. The summed E-state index contributed by atoms with van der Waals surface area (Å²) in [4.78, 5) is 2.49. The van der Waals surface area contributed by atoms with Gasteiger partial charge in [0.25, 0.3) is 0 Å². The topological polar surface area (TPSA) is 35.2 Å². The molecule has 0 unspecified atom stereocenters. The lowest BCUT2D eigenvalue weighted by Gasteiger charge is -2.22. The molecule has 0 saturated heterocycles. The lowest BCUT2D eigenvalue weighted by Crippen LogP contribution is -2.29. The molecule has 24 heavy (non-hydrogen) atoms. The molecule has 0 aliphatic heterocycles. The third-order valence-electron chi connectivity index (χ3n) is 4.94. The number of aromatic nitrogens is 3. The fraction of sp³-hybridized carbons (Fsp3) is 0.556. The Kier molecular flexibility index (Phi) is 4.18. The number of benzene rings is 1. The summed E-state index contributed by atoms with van der Waals surface area (Å²) in [5.41, 5.74) is 1.30. The third-order valence-corrected chi connectivity index (χ3v) is 5.43. The van der Waals surface area contributed by atoms with Gasteiger partial charge in [0.05, 0.1) is 13.8 Å². The SMILES string of the molecule is COc1ccc(CN(Cn2nc(C3CC3)n(C)c2=S)C2CC2)cc1. The van der Waals surface area contributed by atoms with Gasteiger partial charge in [-0.05, 0) is 55.6 Å². The van der Waals surface area contributed by atoms with Crippen LogP contribution in [0.3, 0.4) is 0 Å². The van der Waals surface area contributed by atoms with Gasteiger partial charge in [-0.25, -0.2) is 4.68 Å². The van der Waals surface area contributed by atoms with Crippen LogP contribution in [-0.4, -0.2) is 32.4 Å². The summed E-state index contributed by atoms with van der Waals surface area (Å²) >= 11 is 5.60. The van der Waals surface area contributed by atoms with Crippen LogP contribution < -0.4 is 4.74 Å². The molecule has 2 aliphatic rings. The van der Waals surface area contributed by atoms with Crippen LogP contribution in [0.25, 0.3) is 0 Å². The molecule has 4 rings (SSSR count). The molecule has 6 heteroatoms. The first-order valence-corrected chi connectivity index (χ1v) is 9.07. The highest BCUT2D eigenvalue weighted by molar-refractivity contribution is 7.71. The minimum absolute atomic E-state index is 0.619. The van der Waals surface area contributed by atoms with E-state index in [4.69, 9.17) is 22.1 Å². The molecule has 0 N–H and O–H groups in total. The van der Waals surface area contributed by atoms with Crippen molar-refractivity contribution in [3.63, 3.8) is 0 Å². The van der Waals surface area contributed by atoms with Gasteiger partial charge in [0.15, 0.2) is 4.77 Å². The molecule has 1 aromatic heterocycles. The van der Waals surface area contributed by atoms with Crippen molar-refractivity contribution in [1.29, 1.82) is 0 Å². The Bertz CT molecular complexity index is 771. The third kappa shape index (κ3) is 3.26. The largest absolute Gasteiger partial charge is 0.497 e. The second kappa shape index (κ2) is 6.33. The number of methoxy groups -OCH3 is 1. The fourth-order valence-corrected chi connectivity index (χ4v) is 3.36. The zero-order chi connectivity index (χ0) is 16.7. The average Bonchev–Trinajstić information content (AvgIpc) is 3.49. The van der Waals surface area contributed by atoms with Crippen LogP contribution in [0.4, 0.5) is 0 Å². The minimum atomic E-state index is 0.619. The van der Waals surface area contributed by atoms with Crippen LogP contribution in [0, 0.1) is 4.77 Å². The van der Waals surface area contributed by atoms with Gasteiger partial charge in [-0.15, -0.1) is 0 Å². The smallest absolute Gasteiger partial charge is 0.198 e. The lowest BCUT2D eigenvalue weighted by atomic mass is 10.2. The van der Waals surface area contributed by atoms with E-state index in [1.807, 2.05) is 23.9 Å². The molecule has 0 amide bonds. The van der Waals surface area contributed by atoms with E-state index < -0.39 is 0 Å². The first kappa shape index (κ1) is 15.8. The number of hydrogen-bond acceptors (Lipinski definition) is 4. The Balaban J connectivity index is 1.51. The summed E-state index contributed by atoms with van der Waals surface area (Å²) in [6, 6.07) is 8.99. The van der Waals surface area contributed by atoms with Crippen LogP contribution in [0.2, 0.25) is 0 Å². The van der Waals surface area contributed by atoms with Crippen molar-refractivity contribution >= 4 is 12.2 Å². The van der Waals surface area contributed by atoms with Gasteiger partial charge in [0.2, 0.25) is 0 Å². The zero-order valence-electron chi connectivity index (χ0n) is 14.3. The molecule has 1 aromatic carbocycles. The quantitative estimate of drug-likeness (QED) is 0.721. The van der Waals surface area contributed by atoms with Gasteiger partial charge >= 0.3 is 0 Å². The molecular formula is C18H24N4OS. The molecule has 0 spiro atoms. The predicted molar refractivity (Wildman–Crippen MR) is 95.6 cm³/mol. The van der Waals surface area contributed by atoms with Crippen LogP contribution in [0.1, 0.15) is 43.0 Å². The van der Waals surface area contributed by atoms with Gasteiger partial charge < -0.3 is 9.30 Å². The maximum atomic E-state index is 5.60. The number of hydrogen-bond donors (Lipinski definition) is 0. The van der Waals surface area contributed by atoms with E-state index in [0.29, 0.717) is 12.0 Å². The summed E-state index contributed by atoms with van der Waals surface area (Å²) < 4.78 is 10.2. The Labute approximate surface area is 147 Å². The second-order valence-electron chi connectivity index (χ2n) is 6.94. The van der Waals surface area contributed by atoms with Crippen LogP contribution in [-0.2, 0) is 20.3 Å². The van der Waals surface area contributed by atoms with E-state index in [1.165, 1.54) is 31.2 Å². The molecule has 0 radical (unpaired) electrons. The maximum absolute atomic E-state index is 5.60. The van der Waals surface area contributed by atoms with Gasteiger partial charge in [0.1, 0.15) is 11.6 Å². The minimum Gasteiger partial charge on any atom is -0.497 e. The van der Waals surface area contributed by atoms with Crippen molar-refractivity contribution in [2.75, 3.05) is 7.11 Å². The second-order valence-corrected chi connectivity index (χ2v) is 7.31. The highest BCUT2D eigenvalue weighted by Gasteiger charge is 2.32. The molecule has 2 fully saturated rings. The van der Waals surface area contributed by atoms with Crippen molar-refractivity contribution < 1.29 is 4.74 Å². The van der Waals surface area contributed by atoms with E-state index in [0.717, 1.165) is 29.6 Å². The van der Waals surface area contributed by atoms with Gasteiger partial charge in [-0.2, -0.15) is 5.10 Å². The molecule has 2 saturated carbocycles. The fourth-order valence-electron chi connectivity index (χ4n) is 3.17. The summed E-state index contributed by atoms with van der Waals surface area (Å²) in [6.45, 7) is 1.70. The van der Waals surface area contributed by atoms with E-state index in [1.54, 1.807) is 7.11 Å². The highest BCUT2D eigenvalue weighted by atomic mass is 32.1. The highest BCUT2D eigenvalue weighted by Crippen LogP contribution is 2.39. The van der Waals surface area contributed by atoms with E-state index in [9.17, 15) is 0 Å². The Hall–Kier alpha value is -1.66. The van der Waals surface area contributed by atoms with Crippen LogP contribution in [0.15, 0.2) is 24.3 Å². The first-order chi connectivity index (χ1) is 11.7. The number of ether oxygens (including phenoxy) is 1. The molecule has 2 aromatic rings. The van der Waals surface area contributed by atoms with Gasteiger partial charge in [0, 0.05) is 25.6 Å². The molecule has 128 valence electrons. The molecule has 1 heterocycles. The molecular weight excluding hydrogens is 320 g/mol. The van der Waals surface area contributed by atoms with E-state index in [2.05, 4.69) is 21.6 Å². The number of nitrogens with zero attached hydrogens (tertiary/aromatic N) is 4. The summed E-state index contributed by atoms with van der Waals surface area (Å²) in [5.74, 6) is 2.67. The molecule has 2 aliphatic carbocycles. The van der Waals surface area contributed by atoms with Crippen molar-refractivity contribution in [2.45, 2.75) is 50.9 Å². The maximum Gasteiger partial charge on any atom is 0.198 e. The lowest BCUT2D eigenvalue weighted by molar-refractivity contribution is 0.186. The van der Waals surface area contributed by atoms with Crippen molar-refractivity contribution in [1.82, 2.24) is 19.2 Å². The summed E-state index contributed by atoms with van der Waals surface area (Å²) in [6.07, 6.45) is 5.03. The average molecular weight is 344 g/mol. The predicted octanol–water partition coefficient (Wildman–Crippen LogP) is 3.46. The Morgan fingerprint density at radius 3 is 2.50 bits per heavy atom. The zero-order valence-corrected chi connectivity index (χ0v) is 15.1.